The second kappa shape index (κ2) is 46.8. The van der Waals surface area contributed by atoms with Crippen LogP contribution in [-0.2, 0) is 52.6 Å². The summed E-state index contributed by atoms with van der Waals surface area (Å²) in [6, 6.07) is -4.96. The summed E-state index contributed by atoms with van der Waals surface area (Å²) in [5.41, 5.74) is 0.0251. The van der Waals surface area contributed by atoms with Crippen molar-refractivity contribution in [1.82, 2.24) is 16.0 Å². The minimum absolute atomic E-state index is 0.0235. The molecule has 608 valence electrons. The molecule has 3 amide bonds. The molecule has 0 aromatic carbocycles. The number of rotatable bonds is 28. The maximum Gasteiger partial charge on any atom is 0.335 e. The summed E-state index contributed by atoms with van der Waals surface area (Å²) < 4.78 is 18.2. The van der Waals surface area contributed by atoms with Crippen molar-refractivity contribution in [2.24, 2.45) is 64.6 Å². The van der Waals surface area contributed by atoms with E-state index in [4.69, 9.17) is 14.2 Å². The highest BCUT2D eigenvalue weighted by Gasteiger charge is 2.45. The van der Waals surface area contributed by atoms with Crippen molar-refractivity contribution in [2.75, 3.05) is 0 Å². The minimum Gasteiger partial charge on any atom is -0.479 e. The number of carboxylic acid groups (broad SMARTS) is 2. The molecule has 22 unspecified atom stereocenters. The summed E-state index contributed by atoms with van der Waals surface area (Å²) >= 11 is 0. The lowest BCUT2D eigenvalue weighted by molar-refractivity contribution is -0.175. The van der Waals surface area contributed by atoms with Crippen molar-refractivity contribution in [3.8, 4) is 0 Å². The number of ether oxygens (including phenoxy) is 3. The second-order valence-corrected chi connectivity index (χ2v) is 31.6. The summed E-state index contributed by atoms with van der Waals surface area (Å²) in [6.45, 7) is 30.0. The van der Waals surface area contributed by atoms with Gasteiger partial charge in [0, 0.05) is 47.5 Å². The van der Waals surface area contributed by atoms with Gasteiger partial charge in [-0.05, 0) is 146 Å². The smallest absolute Gasteiger partial charge is 0.335 e. The zero-order valence-electron chi connectivity index (χ0n) is 66.2. The lowest BCUT2D eigenvalue weighted by Gasteiger charge is -2.38. The summed E-state index contributed by atoms with van der Waals surface area (Å²) in [5, 5.41) is 141. The summed E-state index contributed by atoms with van der Waals surface area (Å²) in [5.74, 6) is -15.5. The molecule has 0 spiro atoms. The van der Waals surface area contributed by atoms with Crippen LogP contribution in [0.1, 0.15) is 195 Å². The molecule has 0 aromatic rings. The lowest BCUT2D eigenvalue weighted by atomic mass is 9.77. The van der Waals surface area contributed by atoms with Gasteiger partial charge >= 0.3 is 23.9 Å². The van der Waals surface area contributed by atoms with Crippen LogP contribution in [0.3, 0.4) is 0 Å². The molecule has 107 heavy (non-hydrogen) atoms. The average molecular weight is 1510 g/mol. The average Bonchev–Trinajstić information content (AvgIpc) is 0.838. The number of carbonyl (C=O) groups is 8. The number of fused-ring (bicyclic) bond motifs is 2. The normalized spacial score (nSPS) is 28.0. The third kappa shape index (κ3) is 32.9. The third-order valence-electron chi connectivity index (χ3n) is 20.7. The molecule has 0 radical (unpaired) electrons. The van der Waals surface area contributed by atoms with Gasteiger partial charge in [0.15, 0.2) is 18.2 Å². The quantitative estimate of drug-likeness (QED) is 0.0219. The number of aliphatic hydroxyl groups is 10. The Kier molecular flexibility index (Phi) is 42.2. The van der Waals surface area contributed by atoms with Crippen molar-refractivity contribution >= 4 is 47.4 Å². The molecule has 0 aliphatic carbocycles. The number of Topliss-reactive ketones (excluding diaryl/α,β-unsaturated/α-hetero) is 1. The Morgan fingerprint density at radius 3 is 1.90 bits per heavy atom. The maximum absolute atomic E-state index is 14.6. The van der Waals surface area contributed by atoms with Gasteiger partial charge in [-0.2, -0.15) is 0 Å². The lowest BCUT2D eigenvalue weighted by Crippen LogP contribution is -2.59. The molecular weight excluding hydrogens is 1380 g/mol. The first-order valence-electron chi connectivity index (χ1n) is 37.9. The van der Waals surface area contributed by atoms with Crippen LogP contribution in [-0.4, -0.2) is 212 Å². The molecule has 0 saturated carbocycles. The summed E-state index contributed by atoms with van der Waals surface area (Å²) in [6.07, 6.45) is 4.38. The molecule has 26 heteroatoms. The fourth-order valence-corrected chi connectivity index (χ4v) is 13.5. The fourth-order valence-electron chi connectivity index (χ4n) is 13.5. The van der Waals surface area contributed by atoms with Crippen molar-refractivity contribution in [3.05, 3.63) is 95.7 Å². The molecule has 26 nitrogen and oxygen atoms in total. The Morgan fingerprint density at radius 1 is 0.720 bits per heavy atom. The van der Waals surface area contributed by atoms with Crippen LogP contribution in [0.4, 0.5) is 0 Å². The van der Waals surface area contributed by atoms with Gasteiger partial charge in [-0.25, -0.2) is 14.4 Å². The zero-order valence-corrected chi connectivity index (χ0v) is 66.2. The van der Waals surface area contributed by atoms with Gasteiger partial charge in [0.05, 0.1) is 85.5 Å². The topological polar surface area (TPSA) is 443 Å². The number of esters is 2. The molecule has 2 heterocycles. The van der Waals surface area contributed by atoms with E-state index in [0.29, 0.717) is 42.7 Å². The van der Waals surface area contributed by atoms with Crippen LogP contribution in [0.15, 0.2) is 95.7 Å². The van der Waals surface area contributed by atoms with E-state index in [1.54, 1.807) is 80.5 Å². The molecule has 2 aliphatic heterocycles. The van der Waals surface area contributed by atoms with Gasteiger partial charge in [0.2, 0.25) is 17.7 Å². The highest BCUT2D eigenvalue weighted by atomic mass is 16.6. The van der Waals surface area contributed by atoms with Crippen LogP contribution in [0.2, 0.25) is 0 Å². The minimum atomic E-state index is -2.69. The second-order valence-electron chi connectivity index (χ2n) is 31.6. The van der Waals surface area contributed by atoms with Crippen LogP contribution >= 0.6 is 0 Å². The molecule has 2 rings (SSSR count). The largest absolute Gasteiger partial charge is 0.479 e. The van der Waals surface area contributed by atoms with E-state index in [1.807, 2.05) is 52.0 Å². The predicted octanol–water partition coefficient (Wildman–Crippen LogP) is 6.75. The number of carbonyl (C=O) groups excluding carboxylic acids is 6. The molecule has 15 N–H and O–H groups in total. The number of carboxylic acids is 2. The highest BCUT2D eigenvalue weighted by molar-refractivity contribution is 5.95. The highest BCUT2D eigenvalue weighted by Crippen LogP contribution is 2.34. The Balaban J connectivity index is 2.69. The predicted molar refractivity (Wildman–Crippen MR) is 405 cm³/mol. The number of aliphatic carboxylic acids is 2. The van der Waals surface area contributed by atoms with E-state index >= 15 is 0 Å². The summed E-state index contributed by atoms with van der Waals surface area (Å²) in [4.78, 5) is 107. The molecule has 1 fully saturated rings. The zero-order chi connectivity index (χ0) is 81.7. The molecule has 2 aliphatic rings. The maximum atomic E-state index is 14.6. The molecule has 1 saturated heterocycles. The Morgan fingerprint density at radius 2 is 1.32 bits per heavy atom. The van der Waals surface area contributed by atoms with Crippen molar-refractivity contribution in [3.63, 3.8) is 0 Å². The Hall–Kier alpha value is -6.56. The first kappa shape index (κ1) is 96.5. The number of nitrogens with one attached hydrogen (secondary N) is 3. The van der Waals surface area contributed by atoms with E-state index in [9.17, 15) is 99.6 Å². The monoisotopic (exact) mass is 1510 g/mol. The first-order chi connectivity index (χ1) is 49.7. The van der Waals surface area contributed by atoms with Crippen LogP contribution in [0.5, 0.6) is 0 Å². The van der Waals surface area contributed by atoms with Gasteiger partial charge in [-0.3, -0.25) is 24.0 Å². The standard InChI is InChI=1S/C81H131N3O23/c1-43(2)36-59(82-65(90)34-35-81(17,18)76(98)55(15)69(92)44(3)4)73(96)51(11)40-49(9)70(93)46(6)30-32-60(86)53(13)77(99)84-67(56(16)85)75-54(14)63(106-66(91)42-62(88)78(100)101)33-31-47(7)71(94)48(8)39-50(10)72(95)52(12)61(87)41-58-38-45(5)37-57(105-58)28-26-24-22-20-19-21-23-25-27-29-64(89)83-68(80(104)107-75)74(97)79(102)103/h20,22-27,29,31,34-35,39-40,43-46,48,51-63,67-75,85-88,92-97H,19,21,28,30,32-33,36-38,41-42H2,1-18H3,(H,82,90)(H,83,89)(H,84,99)(H,100,101)(H,102,103)/b22-20?,25-23?,26-24?,29-27?,35-34+,47-31?,49-40+,50-39?/t45-,46?,48?,51?,52?,53?,54?,55?,56?,57-,58+,59?,60?,61?,62?,63?,67?,68?,69?,70?,71?,72?,73?,74?,75?/m1/s1. The number of aliphatic hydroxyl groups excluding tert-OH is 10. The van der Waals surface area contributed by atoms with Crippen LogP contribution in [0.25, 0.3) is 0 Å². The number of cyclic esters (lactones) is 1. The fraction of sp³-hybridized carbons (Fsp3) is 0.704. The van der Waals surface area contributed by atoms with Gasteiger partial charge in [-0.15, -0.1) is 0 Å². The van der Waals surface area contributed by atoms with Gasteiger partial charge in [-0.1, -0.05) is 150 Å². The number of ketones is 1. The summed E-state index contributed by atoms with van der Waals surface area (Å²) in [7, 11) is 0. The molecule has 0 aromatic heterocycles. The van der Waals surface area contributed by atoms with E-state index in [-0.39, 0.29) is 54.7 Å². The number of allylic oxidation sites excluding steroid dienone is 7. The van der Waals surface area contributed by atoms with Crippen molar-refractivity contribution in [2.45, 2.75) is 299 Å². The first-order valence-corrected chi connectivity index (χ1v) is 37.9. The van der Waals surface area contributed by atoms with E-state index in [2.05, 4.69) is 22.9 Å². The Bertz CT molecular complexity index is 3090. The number of hydrogen-bond donors (Lipinski definition) is 15. The molecular formula is C81H131N3O23. The number of amides is 3. The third-order valence-corrected chi connectivity index (χ3v) is 20.7. The van der Waals surface area contributed by atoms with E-state index in [0.717, 1.165) is 18.9 Å². The van der Waals surface area contributed by atoms with Crippen molar-refractivity contribution < 1.29 is 114 Å². The SMILES string of the molecule is CC1=CCC(OC(=O)CC(O)C(=O)O)C(C)C(C(NC(=O)C(C)C(O)CCC(C)C(O)/C(C)=C/C(C)C(O)C(CC(C)C)NC(=O)/C=C/C(C)(C)C(=O)C(C)C(O)C(C)C)C(C)O)OC(=O)C(C(O)C(=O)O)NC(=O)C=CC=CCCC=CC=CC[C@@H]2C[C@@H](C)C[C@@H](CC(O)C(C)C(O)C(C)=CC(C)C1O)O2. The molecule has 25 atom stereocenters. The van der Waals surface area contributed by atoms with Crippen molar-refractivity contribution in [1.29, 1.82) is 0 Å². The van der Waals surface area contributed by atoms with Gasteiger partial charge in [0.25, 0.3) is 0 Å². The number of hydrogen-bond acceptors (Lipinski definition) is 21. The van der Waals surface area contributed by atoms with Crippen LogP contribution < -0.4 is 16.0 Å². The van der Waals surface area contributed by atoms with E-state index < -0.39 is 193 Å². The van der Waals surface area contributed by atoms with Gasteiger partial charge in [0.1, 0.15) is 18.0 Å². The van der Waals surface area contributed by atoms with Gasteiger partial charge < -0.3 is 91.4 Å². The van der Waals surface area contributed by atoms with E-state index in [1.165, 1.54) is 58.1 Å². The Labute approximate surface area is 633 Å². The van der Waals surface area contributed by atoms with Crippen LogP contribution in [0, 0.1) is 64.6 Å². The molecule has 2 bridgehead atoms.